The van der Waals surface area contributed by atoms with E-state index in [1.54, 1.807) is 0 Å². The van der Waals surface area contributed by atoms with Crippen LogP contribution in [0.15, 0.2) is 12.2 Å². The molecule has 0 N–H and O–H groups in total. The molecule has 0 saturated heterocycles. The zero-order chi connectivity index (χ0) is 8.48. The van der Waals surface area contributed by atoms with Crippen LogP contribution in [-0.2, 0) is 4.79 Å². The van der Waals surface area contributed by atoms with Crippen molar-refractivity contribution >= 4 is 5.78 Å². The van der Waals surface area contributed by atoms with Crippen LogP contribution in [0, 0.1) is 5.92 Å². The average molecular weight is 164 g/mol. The number of hydrogen-bond donors (Lipinski definition) is 0. The SMILES string of the molecule is O=C1C=C[C@H](C(F)(F)F)CC1. The van der Waals surface area contributed by atoms with Gasteiger partial charge in [-0.25, -0.2) is 0 Å². The third-order valence-electron chi connectivity index (χ3n) is 1.64. The van der Waals surface area contributed by atoms with E-state index in [-0.39, 0.29) is 18.6 Å². The first-order chi connectivity index (χ1) is 5.00. The third-order valence-corrected chi connectivity index (χ3v) is 1.64. The van der Waals surface area contributed by atoms with Gasteiger partial charge >= 0.3 is 6.18 Å². The molecule has 1 nitrogen and oxygen atoms in total. The fraction of sp³-hybridized carbons (Fsp3) is 0.571. The molecule has 0 bridgehead atoms. The maximum Gasteiger partial charge on any atom is 0.395 e. The summed E-state index contributed by atoms with van der Waals surface area (Å²) in [6.07, 6.45) is -2.32. The van der Waals surface area contributed by atoms with Crippen molar-refractivity contribution < 1.29 is 18.0 Å². The minimum atomic E-state index is -4.18. The van der Waals surface area contributed by atoms with Gasteiger partial charge in [0.15, 0.2) is 5.78 Å². The molecule has 1 aliphatic rings. The molecular weight excluding hydrogens is 157 g/mol. The van der Waals surface area contributed by atoms with E-state index in [9.17, 15) is 18.0 Å². The Balaban J connectivity index is 2.65. The van der Waals surface area contributed by atoms with E-state index in [1.807, 2.05) is 0 Å². The second kappa shape index (κ2) is 2.68. The fourth-order valence-corrected chi connectivity index (χ4v) is 0.974. The summed E-state index contributed by atoms with van der Waals surface area (Å²) in [6.45, 7) is 0. The van der Waals surface area contributed by atoms with E-state index in [0.29, 0.717) is 0 Å². The molecule has 0 heterocycles. The van der Waals surface area contributed by atoms with Crippen molar-refractivity contribution in [1.82, 2.24) is 0 Å². The summed E-state index contributed by atoms with van der Waals surface area (Å²) in [6, 6.07) is 0. The van der Waals surface area contributed by atoms with Gasteiger partial charge in [-0.05, 0) is 12.5 Å². The fourth-order valence-electron chi connectivity index (χ4n) is 0.974. The van der Waals surface area contributed by atoms with Gasteiger partial charge in [-0.15, -0.1) is 0 Å². The maximum absolute atomic E-state index is 11.9. The number of carbonyl (C=O) groups excluding carboxylic acids is 1. The van der Waals surface area contributed by atoms with Crippen molar-refractivity contribution in [3.05, 3.63) is 12.2 Å². The van der Waals surface area contributed by atoms with Crippen LogP contribution in [0.1, 0.15) is 12.8 Å². The smallest absolute Gasteiger partial charge is 0.295 e. The highest BCUT2D eigenvalue weighted by Crippen LogP contribution is 2.32. The van der Waals surface area contributed by atoms with Crippen LogP contribution >= 0.6 is 0 Å². The van der Waals surface area contributed by atoms with Gasteiger partial charge in [0, 0.05) is 6.42 Å². The zero-order valence-electron chi connectivity index (χ0n) is 5.69. The molecule has 11 heavy (non-hydrogen) atoms. The molecular formula is C7H7F3O. The van der Waals surface area contributed by atoms with Crippen LogP contribution in [0.5, 0.6) is 0 Å². The van der Waals surface area contributed by atoms with Crippen LogP contribution < -0.4 is 0 Å². The van der Waals surface area contributed by atoms with Crippen molar-refractivity contribution in [2.24, 2.45) is 5.92 Å². The molecule has 0 aliphatic heterocycles. The second-order valence-corrected chi connectivity index (χ2v) is 2.51. The van der Waals surface area contributed by atoms with Gasteiger partial charge in [-0.2, -0.15) is 13.2 Å². The highest BCUT2D eigenvalue weighted by atomic mass is 19.4. The van der Waals surface area contributed by atoms with Crippen molar-refractivity contribution in [2.45, 2.75) is 19.0 Å². The molecule has 1 atom stereocenters. The Labute approximate surface area is 61.9 Å². The number of allylic oxidation sites excluding steroid dienone is 2. The van der Waals surface area contributed by atoms with Crippen molar-refractivity contribution in [1.29, 1.82) is 0 Å². The lowest BCUT2D eigenvalue weighted by Gasteiger charge is -2.18. The molecule has 1 rings (SSSR count). The Morgan fingerprint density at radius 2 is 2.09 bits per heavy atom. The number of carbonyl (C=O) groups is 1. The van der Waals surface area contributed by atoms with E-state index in [4.69, 9.17) is 0 Å². The predicted molar refractivity (Wildman–Crippen MR) is 32.9 cm³/mol. The number of halogens is 3. The Kier molecular flexibility index (Phi) is 2.02. The highest BCUT2D eigenvalue weighted by molar-refractivity contribution is 5.90. The normalized spacial score (nSPS) is 25.7. The summed E-state index contributed by atoms with van der Waals surface area (Å²) in [4.78, 5) is 10.5. The predicted octanol–water partition coefficient (Wildman–Crippen LogP) is 2.08. The summed E-state index contributed by atoms with van der Waals surface area (Å²) in [5, 5.41) is 0. The second-order valence-electron chi connectivity index (χ2n) is 2.51. The monoisotopic (exact) mass is 164 g/mol. The summed E-state index contributed by atoms with van der Waals surface area (Å²) in [5.41, 5.74) is 0. The summed E-state index contributed by atoms with van der Waals surface area (Å²) < 4.78 is 35.7. The van der Waals surface area contributed by atoms with E-state index in [2.05, 4.69) is 0 Å². The topological polar surface area (TPSA) is 17.1 Å². The summed E-state index contributed by atoms with van der Waals surface area (Å²) in [5.74, 6) is -1.63. The van der Waals surface area contributed by atoms with Crippen LogP contribution in [0.3, 0.4) is 0 Å². The average Bonchev–Trinajstić information content (AvgIpc) is 1.86. The van der Waals surface area contributed by atoms with Gasteiger partial charge in [0.2, 0.25) is 0 Å². The number of rotatable bonds is 0. The molecule has 0 aromatic heterocycles. The number of alkyl halides is 3. The van der Waals surface area contributed by atoms with Gasteiger partial charge in [0.25, 0.3) is 0 Å². The Morgan fingerprint density at radius 1 is 1.45 bits per heavy atom. The Bertz CT molecular complexity index is 192. The first kappa shape index (κ1) is 8.30. The molecule has 0 aromatic carbocycles. The lowest BCUT2D eigenvalue weighted by atomic mass is 9.95. The first-order valence-electron chi connectivity index (χ1n) is 3.28. The molecule has 0 fully saturated rings. The van der Waals surface area contributed by atoms with E-state index in [0.717, 1.165) is 12.2 Å². The van der Waals surface area contributed by atoms with E-state index < -0.39 is 12.1 Å². The summed E-state index contributed by atoms with van der Waals surface area (Å²) in [7, 11) is 0. The molecule has 0 radical (unpaired) electrons. The standard InChI is InChI=1S/C7H7F3O/c8-7(9,10)5-1-3-6(11)4-2-5/h1,3,5H,2,4H2/t5-/m0/s1. The maximum atomic E-state index is 11.9. The molecule has 0 amide bonds. The van der Waals surface area contributed by atoms with Crippen LogP contribution in [0.4, 0.5) is 13.2 Å². The van der Waals surface area contributed by atoms with Gasteiger partial charge in [-0.1, -0.05) is 6.08 Å². The van der Waals surface area contributed by atoms with E-state index in [1.165, 1.54) is 0 Å². The molecule has 1 aliphatic carbocycles. The highest BCUT2D eigenvalue weighted by Gasteiger charge is 2.38. The molecule has 0 aromatic rings. The van der Waals surface area contributed by atoms with E-state index >= 15 is 0 Å². The zero-order valence-corrected chi connectivity index (χ0v) is 5.69. The van der Waals surface area contributed by atoms with Crippen molar-refractivity contribution in [2.75, 3.05) is 0 Å². The lowest BCUT2D eigenvalue weighted by Crippen LogP contribution is -2.24. The quantitative estimate of drug-likeness (QED) is 0.535. The molecule has 62 valence electrons. The van der Waals surface area contributed by atoms with Crippen LogP contribution in [-0.4, -0.2) is 12.0 Å². The van der Waals surface area contributed by atoms with Crippen LogP contribution in [0.2, 0.25) is 0 Å². The van der Waals surface area contributed by atoms with Gasteiger partial charge in [0.1, 0.15) is 0 Å². The number of ketones is 1. The van der Waals surface area contributed by atoms with Crippen molar-refractivity contribution in [3.63, 3.8) is 0 Å². The minimum absolute atomic E-state index is 0.0146. The van der Waals surface area contributed by atoms with Crippen LogP contribution in [0.25, 0.3) is 0 Å². The minimum Gasteiger partial charge on any atom is -0.295 e. The first-order valence-corrected chi connectivity index (χ1v) is 3.28. The Hall–Kier alpha value is -0.800. The summed E-state index contributed by atoms with van der Waals surface area (Å²) >= 11 is 0. The number of hydrogen-bond acceptors (Lipinski definition) is 1. The molecule has 4 heteroatoms. The molecule has 0 spiro atoms. The lowest BCUT2D eigenvalue weighted by molar-refractivity contribution is -0.164. The van der Waals surface area contributed by atoms with Gasteiger partial charge < -0.3 is 0 Å². The van der Waals surface area contributed by atoms with Crippen molar-refractivity contribution in [3.8, 4) is 0 Å². The van der Waals surface area contributed by atoms with Gasteiger partial charge in [0.05, 0.1) is 5.92 Å². The molecule has 0 unspecified atom stereocenters. The third kappa shape index (κ3) is 2.06. The Morgan fingerprint density at radius 3 is 2.45 bits per heavy atom. The van der Waals surface area contributed by atoms with Gasteiger partial charge in [-0.3, -0.25) is 4.79 Å². The largest absolute Gasteiger partial charge is 0.395 e. The molecule has 0 saturated carbocycles.